The molecule has 2 aromatic heterocycles. The van der Waals surface area contributed by atoms with Gasteiger partial charge in [-0.05, 0) is 31.0 Å². The highest BCUT2D eigenvalue weighted by molar-refractivity contribution is 6.33. The minimum absolute atomic E-state index is 0.0970. The summed E-state index contributed by atoms with van der Waals surface area (Å²) >= 11 is 6.10. The third kappa shape index (κ3) is 2.15. The van der Waals surface area contributed by atoms with Gasteiger partial charge in [0.2, 0.25) is 0 Å². The maximum absolute atomic E-state index is 11.2. The molecule has 0 aliphatic heterocycles. The summed E-state index contributed by atoms with van der Waals surface area (Å²) in [6.07, 6.45) is 1.49. The van der Waals surface area contributed by atoms with Crippen LogP contribution in [0.1, 0.15) is 21.5 Å². The predicted octanol–water partition coefficient (Wildman–Crippen LogP) is 3.36. The summed E-state index contributed by atoms with van der Waals surface area (Å²) in [5, 5.41) is 17.7. The number of carbonyl (C=O) groups is 1. The van der Waals surface area contributed by atoms with Crippen molar-refractivity contribution in [1.82, 2.24) is 14.6 Å². The Hall–Kier alpha value is -2.40. The zero-order chi connectivity index (χ0) is 15.1. The van der Waals surface area contributed by atoms with Crippen LogP contribution in [-0.4, -0.2) is 25.7 Å². The second-order valence-corrected chi connectivity index (χ2v) is 5.27. The van der Waals surface area contributed by atoms with Gasteiger partial charge >= 0.3 is 5.97 Å². The van der Waals surface area contributed by atoms with E-state index in [9.17, 15) is 4.79 Å². The highest BCUT2D eigenvalue weighted by atomic mass is 35.5. The van der Waals surface area contributed by atoms with E-state index in [0.717, 1.165) is 16.7 Å². The summed E-state index contributed by atoms with van der Waals surface area (Å²) in [5.41, 5.74) is 3.56. The lowest BCUT2D eigenvalue weighted by molar-refractivity contribution is 0.0696. The van der Waals surface area contributed by atoms with E-state index in [4.69, 9.17) is 16.7 Å². The molecule has 21 heavy (non-hydrogen) atoms. The molecule has 3 aromatic rings. The summed E-state index contributed by atoms with van der Waals surface area (Å²) in [7, 11) is 0. The minimum Gasteiger partial charge on any atom is -0.478 e. The van der Waals surface area contributed by atoms with Crippen molar-refractivity contribution in [2.75, 3.05) is 0 Å². The Morgan fingerprint density at radius 3 is 2.52 bits per heavy atom. The van der Waals surface area contributed by atoms with Crippen molar-refractivity contribution >= 4 is 23.2 Å². The first kappa shape index (κ1) is 13.6. The molecule has 0 aliphatic rings. The molecule has 0 unspecified atom stereocenters. The van der Waals surface area contributed by atoms with Crippen molar-refractivity contribution in [3.63, 3.8) is 0 Å². The molecule has 1 N–H and O–H groups in total. The molecule has 5 nitrogen and oxygen atoms in total. The number of hydrogen-bond acceptors (Lipinski definition) is 3. The Morgan fingerprint density at radius 1 is 1.24 bits per heavy atom. The normalized spacial score (nSPS) is 11.0. The number of aromatic nitrogens is 3. The van der Waals surface area contributed by atoms with Crippen molar-refractivity contribution in [2.45, 2.75) is 13.8 Å². The Bertz CT molecular complexity index is 850. The first-order valence-corrected chi connectivity index (χ1v) is 6.71. The number of carboxylic acids is 1. The number of benzene rings is 1. The van der Waals surface area contributed by atoms with E-state index in [2.05, 4.69) is 10.2 Å². The molecule has 1 aromatic carbocycles. The van der Waals surface area contributed by atoms with Gasteiger partial charge < -0.3 is 5.11 Å². The number of aryl methyl sites for hydroxylation is 2. The highest BCUT2D eigenvalue weighted by Crippen LogP contribution is 2.28. The van der Waals surface area contributed by atoms with Gasteiger partial charge in [0, 0.05) is 11.8 Å². The van der Waals surface area contributed by atoms with E-state index in [1.165, 1.54) is 12.3 Å². The average Bonchev–Trinajstić information content (AvgIpc) is 2.83. The highest BCUT2D eigenvalue weighted by Gasteiger charge is 2.17. The van der Waals surface area contributed by atoms with Crippen LogP contribution in [0.25, 0.3) is 17.0 Å². The molecule has 0 atom stereocenters. The lowest BCUT2D eigenvalue weighted by Crippen LogP contribution is -2.01. The number of pyridine rings is 1. The molecule has 106 valence electrons. The summed E-state index contributed by atoms with van der Waals surface area (Å²) in [5.74, 6) is -0.453. The molecule has 0 saturated carbocycles. The molecule has 0 radical (unpaired) electrons. The summed E-state index contributed by atoms with van der Waals surface area (Å²) < 4.78 is 1.63. The quantitative estimate of drug-likeness (QED) is 0.788. The molecule has 2 heterocycles. The lowest BCUT2D eigenvalue weighted by Gasteiger charge is -2.08. The van der Waals surface area contributed by atoms with Gasteiger partial charge in [-0.3, -0.25) is 4.40 Å². The summed E-state index contributed by atoms with van der Waals surface area (Å²) in [6.45, 7) is 3.96. The number of rotatable bonds is 2. The average molecular weight is 302 g/mol. The van der Waals surface area contributed by atoms with Crippen LogP contribution in [0.3, 0.4) is 0 Å². The number of hydrogen-bond donors (Lipinski definition) is 1. The molecule has 0 spiro atoms. The van der Waals surface area contributed by atoms with E-state index in [-0.39, 0.29) is 10.6 Å². The number of nitrogens with zero attached hydrogens (tertiary/aromatic N) is 3. The Kier molecular flexibility index (Phi) is 3.14. The van der Waals surface area contributed by atoms with E-state index in [1.54, 1.807) is 4.40 Å². The lowest BCUT2D eigenvalue weighted by atomic mass is 10.0. The molecule has 3 rings (SSSR count). The van der Waals surface area contributed by atoms with Crippen LogP contribution in [0.2, 0.25) is 5.02 Å². The van der Waals surface area contributed by atoms with Crippen LogP contribution < -0.4 is 0 Å². The van der Waals surface area contributed by atoms with Gasteiger partial charge in [-0.25, -0.2) is 4.79 Å². The van der Waals surface area contributed by atoms with Crippen molar-refractivity contribution < 1.29 is 9.90 Å². The van der Waals surface area contributed by atoms with Crippen LogP contribution in [0.5, 0.6) is 0 Å². The molecular formula is C15H12ClN3O2. The van der Waals surface area contributed by atoms with Crippen LogP contribution in [0, 0.1) is 13.8 Å². The largest absolute Gasteiger partial charge is 0.478 e. The third-order valence-corrected chi connectivity index (χ3v) is 3.69. The number of carboxylic acid groups (broad SMARTS) is 1. The van der Waals surface area contributed by atoms with Crippen molar-refractivity contribution in [3.8, 4) is 11.4 Å². The fourth-order valence-electron chi connectivity index (χ4n) is 2.41. The number of halogens is 1. The fraction of sp³-hybridized carbons (Fsp3) is 0.133. The minimum atomic E-state index is -1.04. The van der Waals surface area contributed by atoms with Crippen LogP contribution in [-0.2, 0) is 0 Å². The molecule has 0 aliphatic carbocycles. The van der Waals surface area contributed by atoms with Crippen molar-refractivity contribution in [2.24, 2.45) is 0 Å². The second kappa shape index (κ2) is 4.86. The molecule has 0 amide bonds. The van der Waals surface area contributed by atoms with Crippen LogP contribution >= 0.6 is 11.6 Å². The maximum atomic E-state index is 11.2. The molecule has 0 bridgehead atoms. The van der Waals surface area contributed by atoms with Crippen molar-refractivity contribution in [1.29, 1.82) is 0 Å². The van der Waals surface area contributed by atoms with Gasteiger partial charge in [0.25, 0.3) is 0 Å². The van der Waals surface area contributed by atoms with Crippen LogP contribution in [0.4, 0.5) is 0 Å². The summed E-state index contributed by atoms with van der Waals surface area (Å²) in [6, 6.07) is 7.30. The first-order chi connectivity index (χ1) is 9.99. The molecule has 0 saturated heterocycles. The van der Waals surface area contributed by atoms with Crippen molar-refractivity contribution in [3.05, 3.63) is 52.2 Å². The predicted molar refractivity (Wildman–Crippen MR) is 79.9 cm³/mol. The Labute approximate surface area is 125 Å². The zero-order valence-corrected chi connectivity index (χ0v) is 12.2. The van der Waals surface area contributed by atoms with E-state index in [0.29, 0.717) is 11.5 Å². The second-order valence-electron chi connectivity index (χ2n) is 4.87. The number of aromatic carboxylic acids is 1. The van der Waals surface area contributed by atoms with Gasteiger partial charge in [-0.1, -0.05) is 29.8 Å². The fourth-order valence-corrected chi connectivity index (χ4v) is 2.65. The van der Waals surface area contributed by atoms with E-state index in [1.807, 2.05) is 32.0 Å². The Morgan fingerprint density at radius 2 is 1.90 bits per heavy atom. The number of fused-ring (bicyclic) bond motifs is 1. The SMILES string of the molecule is Cc1cccc(C)c1-c1nnc2c(Cl)cc(C(=O)O)cn12. The topological polar surface area (TPSA) is 67.5 Å². The van der Waals surface area contributed by atoms with E-state index >= 15 is 0 Å². The smallest absolute Gasteiger partial charge is 0.337 e. The van der Waals surface area contributed by atoms with Gasteiger partial charge in [0.1, 0.15) is 0 Å². The maximum Gasteiger partial charge on any atom is 0.337 e. The monoisotopic (exact) mass is 301 g/mol. The summed E-state index contributed by atoms with van der Waals surface area (Å²) in [4.78, 5) is 11.2. The molecular weight excluding hydrogens is 290 g/mol. The van der Waals surface area contributed by atoms with E-state index < -0.39 is 5.97 Å². The molecule has 0 fully saturated rings. The van der Waals surface area contributed by atoms with Gasteiger partial charge in [-0.2, -0.15) is 0 Å². The molecule has 6 heteroatoms. The zero-order valence-electron chi connectivity index (χ0n) is 11.5. The Balaban J connectivity index is 2.37. The van der Waals surface area contributed by atoms with Gasteiger partial charge in [0.15, 0.2) is 11.5 Å². The van der Waals surface area contributed by atoms with Gasteiger partial charge in [-0.15, -0.1) is 10.2 Å². The van der Waals surface area contributed by atoms with Gasteiger partial charge in [0.05, 0.1) is 10.6 Å². The van der Waals surface area contributed by atoms with Crippen LogP contribution in [0.15, 0.2) is 30.5 Å². The first-order valence-electron chi connectivity index (χ1n) is 6.33. The standard InChI is InChI=1S/C15H12ClN3O2/c1-8-4-3-5-9(2)12(8)14-18-17-13-11(16)6-10(15(20)21)7-19(13)14/h3-7H,1-2H3,(H,20,21). The third-order valence-electron chi connectivity index (χ3n) is 3.41.